The van der Waals surface area contributed by atoms with Gasteiger partial charge in [-0.2, -0.15) is 13.2 Å². The van der Waals surface area contributed by atoms with Crippen LogP contribution in [0.4, 0.5) is 19.1 Å². The lowest BCUT2D eigenvalue weighted by atomic mass is 10.1. The number of alkyl halides is 3. The van der Waals surface area contributed by atoms with Crippen LogP contribution in [-0.2, 0) is 6.18 Å². The Morgan fingerprint density at radius 1 is 1.18 bits per heavy atom. The summed E-state index contributed by atoms with van der Waals surface area (Å²) in [6, 6.07) is 4.39. The summed E-state index contributed by atoms with van der Waals surface area (Å²) in [7, 11) is 1.32. The smallest absolute Gasteiger partial charge is 0.433 e. The number of oxazole rings is 1. The zero-order valence-electron chi connectivity index (χ0n) is 18.6. The quantitative estimate of drug-likeness (QED) is 0.421. The molecule has 3 heterocycles. The third kappa shape index (κ3) is 4.07. The van der Waals surface area contributed by atoms with Gasteiger partial charge in [0.15, 0.2) is 11.5 Å². The first-order chi connectivity index (χ1) is 16.0. The number of rotatable bonds is 5. The lowest BCUT2D eigenvalue weighted by molar-refractivity contribution is -0.140. The van der Waals surface area contributed by atoms with Crippen LogP contribution in [0, 0.1) is 13.8 Å². The summed E-state index contributed by atoms with van der Waals surface area (Å²) in [5.74, 6) is -0.279. The maximum absolute atomic E-state index is 13.2. The average molecular weight is 475 g/mol. The van der Waals surface area contributed by atoms with Crippen LogP contribution in [0.15, 0.2) is 33.2 Å². The van der Waals surface area contributed by atoms with Crippen LogP contribution in [0.5, 0.6) is 5.75 Å². The number of nitrogens with two attached hydrogens (primary N) is 1. The lowest BCUT2D eigenvalue weighted by Gasteiger charge is -2.11. The second-order valence-corrected chi connectivity index (χ2v) is 7.60. The zero-order chi connectivity index (χ0) is 24.8. The highest BCUT2D eigenvalue weighted by atomic mass is 19.4. The summed E-state index contributed by atoms with van der Waals surface area (Å²) >= 11 is 0. The summed E-state index contributed by atoms with van der Waals surface area (Å²) in [5, 5.41) is 6.66. The summed E-state index contributed by atoms with van der Waals surface area (Å²) in [6.07, 6.45) is -4.64. The third-order valence-electron chi connectivity index (χ3n) is 5.23. The van der Waals surface area contributed by atoms with Crippen molar-refractivity contribution < 1.29 is 31.6 Å². The van der Waals surface area contributed by atoms with E-state index in [0.717, 1.165) is 6.07 Å². The first-order valence-corrected chi connectivity index (χ1v) is 10.1. The van der Waals surface area contributed by atoms with E-state index in [1.54, 1.807) is 26.8 Å². The van der Waals surface area contributed by atoms with Crippen LogP contribution in [0.25, 0.3) is 22.4 Å². The van der Waals surface area contributed by atoms with E-state index in [0.29, 0.717) is 22.2 Å². The molecule has 3 aromatic heterocycles. The van der Waals surface area contributed by atoms with Crippen molar-refractivity contribution in [1.29, 1.82) is 0 Å². The van der Waals surface area contributed by atoms with Crippen LogP contribution < -0.4 is 15.8 Å². The van der Waals surface area contributed by atoms with E-state index in [9.17, 15) is 18.0 Å². The fourth-order valence-corrected chi connectivity index (χ4v) is 3.31. The van der Waals surface area contributed by atoms with Crippen molar-refractivity contribution >= 4 is 22.7 Å². The molecule has 1 atom stereocenters. The van der Waals surface area contributed by atoms with Gasteiger partial charge in [0, 0.05) is 16.5 Å². The van der Waals surface area contributed by atoms with E-state index in [-0.39, 0.29) is 34.5 Å². The highest BCUT2D eigenvalue weighted by Gasteiger charge is 2.33. The van der Waals surface area contributed by atoms with Crippen LogP contribution >= 0.6 is 0 Å². The SMILES string of the molecule is COc1ccc(-c2nc(C(=O)Nc3onc(C)c3C)c([C@H](C)N)o2)c2ccc(C(F)(F)F)nc12. The highest BCUT2D eigenvalue weighted by molar-refractivity contribution is 6.04. The lowest BCUT2D eigenvalue weighted by Crippen LogP contribution is -2.17. The molecule has 0 aliphatic heterocycles. The largest absolute Gasteiger partial charge is 0.494 e. The number of nitrogens with one attached hydrogen (secondary N) is 1. The van der Waals surface area contributed by atoms with E-state index in [2.05, 4.69) is 20.4 Å². The van der Waals surface area contributed by atoms with Gasteiger partial charge in [-0.25, -0.2) is 9.97 Å². The molecule has 12 heteroatoms. The number of pyridine rings is 1. The van der Waals surface area contributed by atoms with Crippen molar-refractivity contribution in [2.45, 2.75) is 33.0 Å². The van der Waals surface area contributed by atoms with E-state index < -0.39 is 23.8 Å². The molecule has 3 N–H and O–H groups in total. The van der Waals surface area contributed by atoms with Gasteiger partial charge in [0.1, 0.15) is 17.0 Å². The summed E-state index contributed by atoms with van der Waals surface area (Å²) in [4.78, 5) is 21.0. The van der Waals surface area contributed by atoms with Crippen molar-refractivity contribution in [1.82, 2.24) is 15.1 Å². The molecule has 0 saturated carbocycles. The summed E-state index contributed by atoms with van der Waals surface area (Å²) in [6.45, 7) is 5.06. The van der Waals surface area contributed by atoms with Crippen molar-refractivity contribution in [3.8, 4) is 17.2 Å². The number of anilines is 1. The Morgan fingerprint density at radius 3 is 2.50 bits per heavy atom. The molecule has 0 unspecified atom stereocenters. The molecule has 0 fully saturated rings. The second kappa shape index (κ2) is 8.45. The number of methoxy groups -OCH3 is 1. The molecular weight excluding hydrogens is 455 g/mol. The average Bonchev–Trinajstić information content (AvgIpc) is 3.37. The number of amides is 1. The molecule has 34 heavy (non-hydrogen) atoms. The molecule has 0 spiro atoms. The van der Waals surface area contributed by atoms with Gasteiger partial charge in [0.25, 0.3) is 5.91 Å². The van der Waals surface area contributed by atoms with E-state index in [1.807, 2.05) is 0 Å². The van der Waals surface area contributed by atoms with Crippen molar-refractivity contribution in [2.75, 3.05) is 12.4 Å². The Balaban J connectivity index is 1.82. The number of ether oxygens (including phenoxy) is 1. The number of fused-ring (bicyclic) bond motifs is 1. The number of benzene rings is 1. The van der Waals surface area contributed by atoms with Crippen LogP contribution in [-0.4, -0.2) is 28.1 Å². The van der Waals surface area contributed by atoms with Gasteiger partial charge in [0.05, 0.1) is 18.8 Å². The molecule has 0 radical (unpaired) electrons. The molecule has 4 rings (SSSR count). The number of halogens is 3. The molecular formula is C22H20F3N5O4. The van der Waals surface area contributed by atoms with E-state index in [1.165, 1.54) is 19.2 Å². The monoisotopic (exact) mass is 475 g/mol. The fraction of sp³-hybridized carbons (Fsp3) is 0.273. The topological polar surface area (TPSA) is 129 Å². The predicted octanol–water partition coefficient (Wildman–Crippen LogP) is 4.79. The number of hydrogen-bond donors (Lipinski definition) is 2. The first kappa shape index (κ1) is 23.2. The Bertz CT molecular complexity index is 1390. The highest BCUT2D eigenvalue weighted by Crippen LogP contribution is 2.37. The number of nitrogens with zero attached hydrogens (tertiary/aromatic N) is 3. The van der Waals surface area contributed by atoms with Gasteiger partial charge in [-0.3, -0.25) is 10.1 Å². The Hall–Kier alpha value is -3.93. The maximum Gasteiger partial charge on any atom is 0.433 e. The molecule has 1 aromatic carbocycles. The van der Waals surface area contributed by atoms with Gasteiger partial charge in [-0.1, -0.05) is 5.16 Å². The van der Waals surface area contributed by atoms with E-state index >= 15 is 0 Å². The minimum Gasteiger partial charge on any atom is -0.494 e. The number of carbonyl (C=O) groups excluding carboxylic acids is 1. The number of aryl methyl sites for hydroxylation is 1. The molecule has 0 bridgehead atoms. The second-order valence-electron chi connectivity index (χ2n) is 7.60. The van der Waals surface area contributed by atoms with Gasteiger partial charge in [-0.05, 0) is 45.0 Å². The molecule has 1 amide bonds. The van der Waals surface area contributed by atoms with Gasteiger partial charge in [-0.15, -0.1) is 0 Å². The van der Waals surface area contributed by atoms with Crippen LogP contribution in [0.1, 0.15) is 46.2 Å². The number of aromatic nitrogens is 3. The fourth-order valence-electron chi connectivity index (χ4n) is 3.31. The number of hydrogen-bond acceptors (Lipinski definition) is 8. The van der Waals surface area contributed by atoms with Gasteiger partial charge < -0.3 is 19.4 Å². The van der Waals surface area contributed by atoms with Gasteiger partial charge >= 0.3 is 6.18 Å². The van der Waals surface area contributed by atoms with Crippen molar-refractivity contribution in [3.05, 3.63) is 52.7 Å². The Morgan fingerprint density at radius 2 is 1.91 bits per heavy atom. The minimum absolute atomic E-state index is 0.0165. The molecule has 178 valence electrons. The van der Waals surface area contributed by atoms with Crippen molar-refractivity contribution in [2.24, 2.45) is 5.73 Å². The molecule has 0 saturated heterocycles. The summed E-state index contributed by atoms with van der Waals surface area (Å²) < 4.78 is 55.7. The maximum atomic E-state index is 13.2. The Kier molecular flexibility index (Phi) is 5.77. The first-order valence-electron chi connectivity index (χ1n) is 10.1. The molecule has 4 aromatic rings. The minimum atomic E-state index is -4.64. The van der Waals surface area contributed by atoms with Crippen LogP contribution in [0.2, 0.25) is 0 Å². The van der Waals surface area contributed by atoms with Crippen molar-refractivity contribution in [3.63, 3.8) is 0 Å². The molecule has 0 aliphatic rings. The predicted molar refractivity (Wildman–Crippen MR) is 115 cm³/mol. The van der Waals surface area contributed by atoms with Crippen LogP contribution in [0.3, 0.4) is 0 Å². The number of carbonyl (C=O) groups is 1. The Labute approximate surface area is 191 Å². The standard InChI is InChI=1S/C22H20F3N5O4/c1-9-11(3)30-34-20(9)29-19(31)17-18(10(2)26)33-21(28-17)13-5-7-14(32-4)16-12(13)6-8-15(27-16)22(23,24)25/h5-8,10H,26H2,1-4H3,(H,29,31)/t10-/m0/s1. The normalized spacial score (nSPS) is 12.7. The van der Waals surface area contributed by atoms with E-state index in [4.69, 9.17) is 19.4 Å². The third-order valence-corrected chi connectivity index (χ3v) is 5.23. The summed E-state index contributed by atoms with van der Waals surface area (Å²) in [5.41, 5.74) is 6.36. The molecule has 0 aliphatic carbocycles. The molecule has 9 nitrogen and oxygen atoms in total. The van der Waals surface area contributed by atoms with Gasteiger partial charge in [0.2, 0.25) is 11.8 Å². The zero-order valence-corrected chi connectivity index (χ0v) is 18.6.